The lowest BCUT2D eigenvalue weighted by molar-refractivity contribution is 0.00544. The molecule has 6 heteroatoms. The largest absolute Gasteiger partial charge is 0.444 e. The number of hydrogen-bond acceptors (Lipinski definition) is 5. The highest BCUT2D eigenvalue weighted by Crippen LogP contribution is 2.19. The van der Waals surface area contributed by atoms with Crippen LogP contribution in [0.5, 0.6) is 0 Å². The minimum atomic E-state index is -0.423. The number of amides is 1. The van der Waals surface area contributed by atoms with E-state index in [1.807, 2.05) is 25.7 Å². The van der Waals surface area contributed by atoms with Gasteiger partial charge in [-0.25, -0.2) is 4.79 Å². The van der Waals surface area contributed by atoms with Crippen molar-refractivity contribution in [2.75, 3.05) is 52.4 Å². The topological polar surface area (TPSA) is 56.2 Å². The van der Waals surface area contributed by atoms with Gasteiger partial charge in [0.2, 0.25) is 0 Å². The minimum absolute atomic E-state index is 0.190. The van der Waals surface area contributed by atoms with Gasteiger partial charge < -0.3 is 19.6 Å². The molecule has 1 N–H and O–H groups in total. The van der Waals surface area contributed by atoms with E-state index in [1.54, 1.807) is 0 Å². The van der Waals surface area contributed by atoms with Gasteiger partial charge in [0, 0.05) is 38.8 Å². The summed E-state index contributed by atoms with van der Waals surface area (Å²) in [4.78, 5) is 18.7. The van der Waals surface area contributed by atoms with Crippen molar-refractivity contribution in [1.82, 2.24) is 14.7 Å². The molecule has 0 aliphatic carbocycles. The molecule has 0 spiro atoms. The average Bonchev–Trinajstić information content (AvgIpc) is 2.47. The van der Waals surface area contributed by atoms with Gasteiger partial charge in [-0.15, -0.1) is 0 Å². The predicted molar refractivity (Wildman–Crippen MR) is 85.9 cm³/mol. The van der Waals surface area contributed by atoms with Crippen LogP contribution in [0.25, 0.3) is 0 Å². The van der Waals surface area contributed by atoms with Gasteiger partial charge in [0.1, 0.15) is 5.60 Å². The van der Waals surface area contributed by atoms with Crippen LogP contribution in [-0.4, -0.2) is 90.0 Å². The molecule has 0 aromatic carbocycles. The van der Waals surface area contributed by atoms with E-state index < -0.39 is 5.60 Å². The van der Waals surface area contributed by atoms with Crippen molar-refractivity contribution in [1.29, 1.82) is 0 Å². The molecule has 2 saturated heterocycles. The summed E-state index contributed by atoms with van der Waals surface area (Å²) in [6, 6.07) is 0.621. The SMILES string of the molecule is CC(C)(C)OC(=O)N1CCN(C2CCN(CCO)CC2)CC1. The van der Waals surface area contributed by atoms with Crippen molar-refractivity contribution in [2.45, 2.75) is 45.3 Å². The fraction of sp³-hybridized carbons (Fsp3) is 0.938. The molecule has 0 unspecified atom stereocenters. The van der Waals surface area contributed by atoms with Crippen molar-refractivity contribution >= 4 is 6.09 Å². The van der Waals surface area contributed by atoms with Crippen LogP contribution < -0.4 is 0 Å². The Balaban J connectivity index is 1.72. The molecule has 0 aromatic heterocycles. The molecule has 0 radical (unpaired) electrons. The van der Waals surface area contributed by atoms with Gasteiger partial charge in [-0.1, -0.05) is 0 Å². The van der Waals surface area contributed by atoms with Crippen LogP contribution in [0.1, 0.15) is 33.6 Å². The Hall–Kier alpha value is -0.850. The third-order valence-electron chi connectivity index (χ3n) is 4.46. The van der Waals surface area contributed by atoms with Gasteiger partial charge in [-0.2, -0.15) is 0 Å². The van der Waals surface area contributed by atoms with E-state index in [4.69, 9.17) is 9.84 Å². The lowest BCUT2D eigenvalue weighted by Crippen LogP contribution is -2.55. The van der Waals surface area contributed by atoms with Crippen LogP contribution in [0.15, 0.2) is 0 Å². The molecular formula is C16H31N3O3. The highest BCUT2D eigenvalue weighted by Gasteiger charge is 2.30. The quantitative estimate of drug-likeness (QED) is 0.842. The third-order valence-corrected chi connectivity index (χ3v) is 4.46. The molecule has 2 aliphatic heterocycles. The van der Waals surface area contributed by atoms with Crippen molar-refractivity contribution in [3.8, 4) is 0 Å². The van der Waals surface area contributed by atoms with Crippen LogP contribution in [0.3, 0.4) is 0 Å². The lowest BCUT2D eigenvalue weighted by Gasteiger charge is -2.42. The highest BCUT2D eigenvalue weighted by molar-refractivity contribution is 5.68. The van der Waals surface area contributed by atoms with E-state index >= 15 is 0 Å². The number of ether oxygens (including phenoxy) is 1. The lowest BCUT2D eigenvalue weighted by atomic mass is 10.0. The highest BCUT2D eigenvalue weighted by atomic mass is 16.6. The first-order chi connectivity index (χ1) is 10.4. The van der Waals surface area contributed by atoms with Gasteiger partial charge in [-0.05, 0) is 46.7 Å². The summed E-state index contributed by atoms with van der Waals surface area (Å²) in [7, 11) is 0. The molecule has 6 nitrogen and oxygen atoms in total. The Labute approximate surface area is 134 Å². The maximum Gasteiger partial charge on any atom is 0.410 e. The third kappa shape index (κ3) is 5.11. The number of carbonyl (C=O) groups excluding carboxylic acids is 1. The summed E-state index contributed by atoms with van der Waals surface area (Å²) in [6.07, 6.45) is 2.13. The number of rotatable bonds is 3. The Bertz CT molecular complexity index is 354. The molecule has 2 fully saturated rings. The second-order valence-corrected chi connectivity index (χ2v) is 7.30. The van der Waals surface area contributed by atoms with Crippen molar-refractivity contribution < 1.29 is 14.6 Å². The zero-order valence-corrected chi connectivity index (χ0v) is 14.3. The summed E-state index contributed by atoms with van der Waals surface area (Å²) in [6.45, 7) is 12.3. The number of aliphatic hydroxyl groups is 1. The Morgan fingerprint density at radius 1 is 1.09 bits per heavy atom. The first-order valence-electron chi connectivity index (χ1n) is 8.44. The average molecular weight is 313 g/mol. The van der Waals surface area contributed by atoms with Crippen LogP contribution in [-0.2, 0) is 4.74 Å². The Kier molecular flexibility index (Phi) is 6.06. The van der Waals surface area contributed by atoms with Crippen LogP contribution in [0, 0.1) is 0 Å². The second-order valence-electron chi connectivity index (χ2n) is 7.30. The van der Waals surface area contributed by atoms with Crippen LogP contribution in [0.2, 0.25) is 0 Å². The molecule has 0 aromatic rings. The van der Waals surface area contributed by atoms with E-state index in [9.17, 15) is 4.79 Å². The molecule has 22 heavy (non-hydrogen) atoms. The molecule has 1 amide bonds. The normalized spacial score (nSPS) is 22.8. The summed E-state index contributed by atoms with van der Waals surface area (Å²) in [5, 5.41) is 8.99. The Morgan fingerprint density at radius 3 is 2.18 bits per heavy atom. The number of nitrogens with zero attached hydrogens (tertiary/aromatic N) is 3. The maximum absolute atomic E-state index is 12.1. The molecule has 0 saturated carbocycles. The molecule has 2 aliphatic rings. The fourth-order valence-electron chi connectivity index (χ4n) is 3.25. The number of β-amino-alcohol motifs (C(OH)–C–C–N with tert-alkyl or cyclic N) is 1. The minimum Gasteiger partial charge on any atom is -0.444 e. The molecule has 0 atom stereocenters. The number of piperidine rings is 1. The maximum atomic E-state index is 12.1. The van der Waals surface area contributed by atoms with Crippen molar-refractivity contribution in [3.63, 3.8) is 0 Å². The summed E-state index contributed by atoms with van der Waals surface area (Å²) >= 11 is 0. The van der Waals surface area contributed by atoms with Crippen LogP contribution in [0.4, 0.5) is 4.79 Å². The molecule has 0 bridgehead atoms. The fourth-order valence-corrected chi connectivity index (χ4v) is 3.25. The Morgan fingerprint density at radius 2 is 1.68 bits per heavy atom. The van der Waals surface area contributed by atoms with Gasteiger partial charge in [0.25, 0.3) is 0 Å². The van der Waals surface area contributed by atoms with E-state index in [2.05, 4.69) is 9.80 Å². The molecule has 2 heterocycles. The zero-order chi connectivity index (χ0) is 16.2. The molecule has 2 rings (SSSR count). The summed E-state index contributed by atoms with van der Waals surface area (Å²) in [5.41, 5.74) is -0.423. The number of likely N-dealkylation sites (tertiary alicyclic amines) is 1. The van der Waals surface area contributed by atoms with Crippen LogP contribution >= 0.6 is 0 Å². The van der Waals surface area contributed by atoms with Gasteiger partial charge in [-0.3, -0.25) is 4.90 Å². The van der Waals surface area contributed by atoms with Crippen molar-refractivity contribution in [3.05, 3.63) is 0 Å². The van der Waals surface area contributed by atoms with Gasteiger partial charge >= 0.3 is 6.09 Å². The smallest absolute Gasteiger partial charge is 0.410 e. The first-order valence-corrected chi connectivity index (χ1v) is 8.44. The van der Waals surface area contributed by atoms with E-state index in [0.717, 1.165) is 58.7 Å². The monoisotopic (exact) mass is 313 g/mol. The number of carbonyl (C=O) groups is 1. The van der Waals surface area contributed by atoms with E-state index in [0.29, 0.717) is 6.04 Å². The predicted octanol–water partition coefficient (Wildman–Crippen LogP) is 0.996. The standard InChI is InChI=1S/C16H31N3O3/c1-16(2,3)22-15(21)19-10-8-18(9-11-19)14-4-6-17(7-5-14)12-13-20/h14,20H,4-13H2,1-3H3. The number of hydrogen-bond donors (Lipinski definition) is 1. The molecular weight excluding hydrogens is 282 g/mol. The second kappa shape index (κ2) is 7.62. The molecule has 128 valence electrons. The van der Waals surface area contributed by atoms with Crippen molar-refractivity contribution in [2.24, 2.45) is 0 Å². The summed E-state index contributed by atoms with van der Waals surface area (Å²) in [5.74, 6) is 0. The first kappa shape index (κ1) is 17.5. The van der Waals surface area contributed by atoms with E-state index in [-0.39, 0.29) is 12.7 Å². The zero-order valence-electron chi connectivity index (χ0n) is 14.3. The number of aliphatic hydroxyl groups excluding tert-OH is 1. The van der Waals surface area contributed by atoms with E-state index in [1.165, 1.54) is 0 Å². The van der Waals surface area contributed by atoms with Gasteiger partial charge in [0.15, 0.2) is 0 Å². The number of piperazine rings is 1. The van der Waals surface area contributed by atoms with Gasteiger partial charge in [0.05, 0.1) is 6.61 Å². The summed E-state index contributed by atoms with van der Waals surface area (Å²) < 4.78 is 5.44.